The number of hydrogen-bond donors (Lipinski definition) is 0. The molecule has 45 heavy (non-hydrogen) atoms. The van der Waals surface area contributed by atoms with Gasteiger partial charge in [-0.3, -0.25) is 4.79 Å². The Kier molecular flexibility index (Phi) is 9.18. The molecule has 11 heteroatoms. The summed E-state index contributed by atoms with van der Waals surface area (Å²) in [6.45, 7) is 11.7. The van der Waals surface area contributed by atoms with Crippen molar-refractivity contribution >= 4 is 29.1 Å². The summed E-state index contributed by atoms with van der Waals surface area (Å²) in [6, 6.07) is 16.0. The van der Waals surface area contributed by atoms with E-state index in [4.69, 9.17) is 14.5 Å². The van der Waals surface area contributed by atoms with Gasteiger partial charge in [-0.1, -0.05) is 45.0 Å². The highest BCUT2D eigenvalue weighted by Crippen LogP contribution is 2.30. The smallest absolute Gasteiger partial charge is 0.428 e. The van der Waals surface area contributed by atoms with E-state index in [1.54, 1.807) is 12.1 Å². The van der Waals surface area contributed by atoms with Crippen molar-refractivity contribution in [2.24, 2.45) is 5.41 Å². The lowest BCUT2D eigenvalue weighted by Gasteiger charge is -2.38. The van der Waals surface area contributed by atoms with Gasteiger partial charge in [0.2, 0.25) is 11.9 Å². The third-order valence-corrected chi connectivity index (χ3v) is 8.04. The largest absolute Gasteiger partial charge is 0.510 e. The van der Waals surface area contributed by atoms with Crippen molar-refractivity contribution < 1.29 is 18.7 Å². The molecule has 10 nitrogen and oxygen atoms in total. The number of piperidine rings is 1. The lowest BCUT2D eigenvalue weighted by atomic mass is 9.84. The van der Waals surface area contributed by atoms with Crippen molar-refractivity contribution in [2.45, 2.75) is 78.8 Å². The van der Waals surface area contributed by atoms with Gasteiger partial charge in [-0.15, -0.1) is 0 Å². The van der Waals surface area contributed by atoms with Crippen molar-refractivity contribution in [2.75, 3.05) is 29.9 Å². The van der Waals surface area contributed by atoms with Crippen molar-refractivity contribution in [3.8, 4) is 0 Å². The molecule has 0 spiro atoms. The quantitative estimate of drug-likeness (QED) is 0.204. The van der Waals surface area contributed by atoms with Gasteiger partial charge in [-0.25, -0.2) is 23.7 Å². The Bertz CT molecular complexity index is 1680. The van der Waals surface area contributed by atoms with E-state index in [2.05, 4.69) is 41.3 Å². The molecule has 2 aromatic heterocycles. The molecule has 0 bridgehead atoms. The minimum Gasteiger partial charge on any atom is -0.428 e. The number of para-hydroxylation sites is 2. The van der Waals surface area contributed by atoms with Crippen LogP contribution in [0.4, 0.5) is 21.1 Å². The molecule has 0 aliphatic carbocycles. The molecule has 0 atom stereocenters. The van der Waals surface area contributed by atoms with E-state index >= 15 is 0 Å². The van der Waals surface area contributed by atoms with Crippen LogP contribution < -0.4 is 15.4 Å². The molecule has 1 aliphatic rings. The lowest BCUT2D eigenvalue weighted by Crippen LogP contribution is -2.46. The molecule has 1 aliphatic heterocycles. The normalized spacial score (nSPS) is 14.5. The van der Waals surface area contributed by atoms with Gasteiger partial charge in [-0.2, -0.15) is 0 Å². The van der Waals surface area contributed by atoms with E-state index in [1.165, 1.54) is 29.0 Å². The summed E-state index contributed by atoms with van der Waals surface area (Å²) in [7, 11) is 1.91. The summed E-state index contributed by atoms with van der Waals surface area (Å²) in [5.41, 5.74) is 1.85. The van der Waals surface area contributed by atoms with E-state index in [9.17, 15) is 14.0 Å². The third-order valence-electron chi connectivity index (χ3n) is 8.04. The average Bonchev–Trinajstić information content (AvgIpc) is 3.34. The number of fused-ring (bicyclic) bond motifs is 1. The fraction of sp³-hybridized carbons (Fsp3) is 0.471. The van der Waals surface area contributed by atoms with Crippen LogP contribution in [0.3, 0.4) is 0 Å². The number of hydrogen-bond acceptors (Lipinski definition) is 8. The van der Waals surface area contributed by atoms with E-state index in [1.807, 2.05) is 44.0 Å². The number of carbonyl (C=O) groups is 1. The lowest BCUT2D eigenvalue weighted by molar-refractivity contribution is -0.0444. The number of carbonyl (C=O) groups excluding carboxylic acids is 1. The van der Waals surface area contributed by atoms with Crippen molar-refractivity contribution in [3.63, 3.8) is 0 Å². The first-order valence-corrected chi connectivity index (χ1v) is 15.4. The number of aromatic nitrogens is 4. The van der Waals surface area contributed by atoms with Crippen LogP contribution in [0.15, 0.2) is 65.6 Å². The second-order valence-corrected chi connectivity index (χ2v) is 13.6. The number of anilines is 2. The summed E-state index contributed by atoms with van der Waals surface area (Å²) in [5.74, 6) is 1.04. The van der Waals surface area contributed by atoms with Gasteiger partial charge in [0.1, 0.15) is 11.4 Å². The molecule has 0 N–H and O–H groups in total. The molecule has 240 valence electrons. The molecular formula is C34H43FN6O4. The van der Waals surface area contributed by atoms with Crippen LogP contribution >= 0.6 is 0 Å². The highest BCUT2D eigenvalue weighted by Gasteiger charge is 2.31. The maximum atomic E-state index is 13.6. The van der Waals surface area contributed by atoms with Gasteiger partial charge in [0.25, 0.3) is 5.56 Å². The first-order chi connectivity index (χ1) is 21.3. The van der Waals surface area contributed by atoms with Gasteiger partial charge >= 0.3 is 6.16 Å². The minimum absolute atomic E-state index is 0.0369. The number of ether oxygens (including phenoxy) is 2. The Hall–Kier alpha value is -4.41. The second-order valence-electron chi connectivity index (χ2n) is 13.6. The van der Waals surface area contributed by atoms with Gasteiger partial charge in [0.05, 0.1) is 17.6 Å². The molecule has 0 amide bonds. The summed E-state index contributed by atoms with van der Waals surface area (Å²) < 4.78 is 28.1. The van der Waals surface area contributed by atoms with Gasteiger partial charge in [-0.05, 0) is 68.4 Å². The Balaban J connectivity index is 1.27. The predicted molar refractivity (Wildman–Crippen MR) is 173 cm³/mol. The zero-order valence-corrected chi connectivity index (χ0v) is 27.0. The zero-order valence-electron chi connectivity index (χ0n) is 27.0. The number of nitrogens with zero attached hydrogens (tertiary/aromatic N) is 6. The molecule has 1 saturated heterocycles. The number of imidazole rings is 1. The first-order valence-electron chi connectivity index (χ1n) is 15.4. The Morgan fingerprint density at radius 1 is 1.00 bits per heavy atom. The molecule has 3 heterocycles. The van der Waals surface area contributed by atoms with Crippen LogP contribution in [-0.2, 0) is 22.7 Å². The molecule has 2 aromatic carbocycles. The van der Waals surface area contributed by atoms with Crippen LogP contribution in [0, 0.1) is 11.2 Å². The Morgan fingerprint density at radius 2 is 1.69 bits per heavy atom. The van der Waals surface area contributed by atoms with Crippen molar-refractivity contribution in [1.29, 1.82) is 0 Å². The zero-order chi connectivity index (χ0) is 32.4. The number of benzene rings is 2. The van der Waals surface area contributed by atoms with Crippen LogP contribution in [0.25, 0.3) is 11.0 Å². The van der Waals surface area contributed by atoms with Crippen molar-refractivity contribution in [1.82, 2.24) is 19.1 Å². The third kappa shape index (κ3) is 7.82. The predicted octanol–water partition coefficient (Wildman–Crippen LogP) is 6.21. The van der Waals surface area contributed by atoms with E-state index in [-0.39, 0.29) is 29.6 Å². The van der Waals surface area contributed by atoms with Crippen LogP contribution in [0.1, 0.15) is 59.4 Å². The molecule has 0 saturated carbocycles. The average molecular weight is 619 g/mol. The minimum atomic E-state index is -0.828. The van der Waals surface area contributed by atoms with Crippen LogP contribution in [-0.4, -0.2) is 57.0 Å². The highest BCUT2D eigenvalue weighted by molar-refractivity contribution is 5.79. The maximum absolute atomic E-state index is 13.6. The monoisotopic (exact) mass is 618 g/mol. The summed E-state index contributed by atoms with van der Waals surface area (Å²) in [4.78, 5) is 39.2. The van der Waals surface area contributed by atoms with Gasteiger partial charge < -0.3 is 23.8 Å². The first kappa shape index (κ1) is 32.0. The molecular weight excluding hydrogens is 575 g/mol. The highest BCUT2D eigenvalue weighted by atomic mass is 19.1. The van der Waals surface area contributed by atoms with E-state index in [0.29, 0.717) is 18.9 Å². The molecule has 5 rings (SSSR count). The molecule has 1 fully saturated rings. The SMILES string of the molecule is CN(c1nccc(=O)n1COC(=O)OC(C)(C)CC(C)(C)C)C1CCN(c2nc3ccccc3n2Cc2ccc(F)cc2)CC1. The van der Waals surface area contributed by atoms with Crippen LogP contribution in [0.2, 0.25) is 0 Å². The maximum Gasteiger partial charge on any atom is 0.510 e. The standard InChI is InChI=1S/C34H43FN6O4/c1-33(2,3)22-34(4,5)45-32(43)44-23-41-29(42)15-18-36-30(41)38(6)26-16-19-39(20-17-26)31-37-27-9-7-8-10-28(27)40(31)21-24-11-13-25(35)14-12-24/h7-15,18,26H,16-17,19-23H2,1-6H3. The fourth-order valence-corrected chi connectivity index (χ4v) is 6.36. The van der Waals surface area contributed by atoms with Gasteiger partial charge in [0.15, 0.2) is 6.73 Å². The summed E-state index contributed by atoms with van der Waals surface area (Å²) in [6.07, 6.45) is 2.89. The summed E-state index contributed by atoms with van der Waals surface area (Å²) in [5, 5.41) is 0. The fourth-order valence-electron chi connectivity index (χ4n) is 6.36. The van der Waals surface area contributed by atoms with Gasteiger partial charge in [0, 0.05) is 38.4 Å². The molecule has 4 aromatic rings. The molecule has 0 unspecified atom stereocenters. The Morgan fingerprint density at radius 3 is 2.38 bits per heavy atom. The topological polar surface area (TPSA) is 94.7 Å². The van der Waals surface area contributed by atoms with Crippen LogP contribution in [0.5, 0.6) is 0 Å². The van der Waals surface area contributed by atoms with E-state index in [0.717, 1.165) is 48.5 Å². The number of halogens is 1. The summed E-state index contributed by atoms with van der Waals surface area (Å²) >= 11 is 0. The molecule has 0 radical (unpaired) electrons. The second kappa shape index (κ2) is 12.9. The van der Waals surface area contributed by atoms with E-state index < -0.39 is 11.8 Å². The van der Waals surface area contributed by atoms with Crippen molar-refractivity contribution in [3.05, 3.63) is 82.5 Å². The Labute approximate surface area is 263 Å². The number of rotatable bonds is 9.